The van der Waals surface area contributed by atoms with Gasteiger partial charge in [-0.2, -0.15) is 0 Å². The predicted octanol–water partition coefficient (Wildman–Crippen LogP) is 5.03. The Morgan fingerprint density at radius 3 is 1.96 bits per heavy atom. The molecule has 2 fully saturated rings. The Morgan fingerprint density at radius 2 is 1.27 bits per heavy atom. The zero-order valence-corrected chi connectivity index (χ0v) is 45.8. The molecule has 20 nitrogen and oxygen atoms in total. The van der Waals surface area contributed by atoms with Crippen LogP contribution in [0.2, 0.25) is 0 Å². The molecule has 1 saturated carbocycles. The molecule has 430 valence electrons. The summed E-state index contributed by atoms with van der Waals surface area (Å²) in [6.45, 7) is 0.721. The lowest BCUT2D eigenvalue weighted by Gasteiger charge is -2.32. The number of H-pyrrole nitrogens is 1. The third-order valence-corrected chi connectivity index (χ3v) is 15.9. The second-order valence-corrected chi connectivity index (χ2v) is 21.5. The van der Waals surface area contributed by atoms with Crippen LogP contribution in [0.3, 0.4) is 0 Å². The molecule has 81 heavy (non-hydrogen) atoms. The van der Waals surface area contributed by atoms with Crippen molar-refractivity contribution in [2.75, 3.05) is 26.2 Å². The quantitative estimate of drug-likeness (QED) is 0.0188. The summed E-state index contributed by atoms with van der Waals surface area (Å²) in [5.41, 5.74) is 23.3. The SMILES string of the molecule is NCCCC[C@H](NC(=O)[C@H](Cc1ccccc1)NC(=O)OCC1c2ccccc2-c2ccccc21)C(=O)N1CCC[C@H]1C(=O)N[C@H](CC1CCCCC1)C(=O)N[C@@H](Cc1c[nH]c2ccccc12)C(=O)N[C@H](CCCN=C(N)N)C(=O)O. The van der Waals surface area contributed by atoms with Gasteiger partial charge >= 0.3 is 12.1 Å². The molecule has 6 atom stereocenters. The zero-order chi connectivity index (χ0) is 57.3. The van der Waals surface area contributed by atoms with E-state index in [9.17, 15) is 38.7 Å². The molecule has 1 aromatic heterocycles. The number of ether oxygens (including phenoxy) is 1. The molecule has 5 aromatic rings. The second kappa shape index (κ2) is 28.8. The van der Waals surface area contributed by atoms with Crippen LogP contribution >= 0.6 is 0 Å². The summed E-state index contributed by atoms with van der Waals surface area (Å²) < 4.78 is 5.88. The van der Waals surface area contributed by atoms with Crippen molar-refractivity contribution in [3.8, 4) is 11.1 Å². The Morgan fingerprint density at radius 1 is 0.654 bits per heavy atom. The number of aromatic nitrogens is 1. The van der Waals surface area contributed by atoms with Crippen LogP contribution in [0.5, 0.6) is 0 Å². The van der Waals surface area contributed by atoms with Crippen LogP contribution in [0.15, 0.2) is 114 Å². The second-order valence-electron chi connectivity index (χ2n) is 21.5. The van der Waals surface area contributed by atoms with Crippen LogP contribution in [0.4, 0.5) is 4.79 Å². The minimum Gasteiger partial charge on any atom is -0.480 e. The smallest absolute Gasteiger partial charge is 0.407 e. The summed E-state index contributed by atoms with van der Waals surface area (Å²) in [5, 5.41) is 25.2. The molecule has 1 aliphatic heterocycles. The number of rotatable bonds is 27. The lowest BCUT2D eigenvalue weighted by atomic mass is 9.84. The number of aliphatic carboxylic acids is 1. The van der Waals surface area contributed by atoms with Crippen molar-refractivity contribution < 1.29 is 43.4 Å². The number of carboxylic acids is 1. The van der Waals surface area contributed by atoms with Crippen LogP contribution in [0, 0.1) is 5.92 Å². The zero-order valence-electron chi connectivity index (χ0n) is 45.8. The molecule has 0 radical (unpaired) electrons. The summed E-state index contributed by atoms with van der Waals surface area (Å²) in [7, 11) is 0. The van der Waals surface area contributed by atoms with E-state index in [1.807, 2.05) is 103 Å². The highest BCUT2D eigenvalue weighted by atomic mass is 16.5. The Balaban J connectivity index is 0.982. The van der Waals surface area contributed by atoms with Gasteiger partial charge in [-0.25, -0.2) is 9.59 Å². The van der Waals surface area contributed by atoms with Gasteiger partial charge in [-0.05, 0) is 103 Å². The van der Waals surface area contributed by atoms with Gasteiger partial charge in [0.05, 0.1) is 0 Å². The maximum absolute atomic E-state index is 14.9. The fraction of sp³-hybridized carbons (Fsp3) is 0.443. The first-order valence-corrected chi connectivity index (χ1v) is 28.5. The molecule has 2 heterocycles. The highest BCUT2D eigenvalue weighted by Gasteiger charge is 2.41. The van der Waals surface area contributed by atoms with Gasteiger partial charge < -0.3 is 63.5 Å². The molecule has 0 bridgehead atoms. The summed E-state index contributed by atoms with van der Waals surface area (Å²) >= 11 is 0. The average Bonchev–Trinajstić information content (AvgIpc) is 4.33. The molecule has 8 rings (SSSR count). The topological polar surface area (TPSA) is 319 Å². The van der Waals surface area contributed by atoms with Crippen molar-refractivity contribution in [1.29, 1.82) is 0 Å². The summed E-state index contributed by atoms with van der Waals surface area (Å²) in [6, 6.07) is 25.6. The number of benzene rings is 4. The molecule has 4 aromatic carbocycles. The number of fused-ring (bicyclic) bond motifs is 4. The number of hydrogen-bond acceptors (Lipinski definition) is 10. The molecular weight excluding hydrogens is 1030 g/mol. The van der Waals surface area contributed by atoms with Gasteiger partial charge in [0, 0.05) is 48.9 Å². The van der Waals surface area contributed by atoms with Crippen molar-refractivity contribution >= 4 is 58.5 Å². The number of carbonyl (C=O) groups excluding carboxylic acids is 6. The lowest BCUT2D eigenvalue weighted by molar-refractivity contribution is -0.143. The number of unbranched alkanes of at least 4 members (excludes halogenated alkanes) is 1. The first kappa shape index (κ1) is 58.9. The average molecular weight is 1110 g/mol. The van der Waals surface area contributed by atoms with Gasteiger partial charge in [0.1, 0.15) is 42.9 Å². The molecule has 3 aliphatic rings. The van der Waals surface area contributed by atoms with Crippen molar-refractivity contribution in [2.45, 2.75) is 138 Å². The minimum absolute atomic E-state index is 0.00654. The Hall–Kier alpha value is -8.26. The highest BCUT2D eigenvalue weighted by molar-refractivity contribution is 5.97. The molecule has 0 unspecified atom stereocenters. The standard InChI is InChI=1S/C61H77N11O9/c62-30-14-13-27-48(67-55(74)51(34-39-19-5-2-6-20-39)71-61(80)81-37-46-44-24-9-7-22-42(44)43-23-8-10-25-45(43)46)58(77)72-32-16-29-53(72)57(76)70-50(33-38-17-3-1-4-18-38)54(73)69-52(35-40-36-66-47-26-12-11-21-41(40)47)56(75)68-49(59(78)79)28-15-31-65-60(63)64/h2,5-12,19-26,36,38,46,48-53,66H,1,3-4,13-18,27-35,37,62H2,(H,67,74)(H,68,75)(H,69,73)(H,70,76)(H,71,80)(H,78,79)(H4,63,64,65)/t48-,49+,50+,51-,52-,53-/m0/s1. The number of aliphatic imine (C=N–C) groups is 1. The summed E-state index contributed by atoms with van der Waals surface area (Å²) in [6.07, 6.45) is 8.13. The minimum atomic E-state index is -1.33. The van der Waals surface area contributed by atoms with Crippen LogP contribution in [-0.2, 0) is 46.3 Å². The third kappa shape index (κ3) is 15.8. The highest BCUT2D eigenvalue weighted by Crippen LogP contribution is 2.44. The Labute approximate surface area is 472 Å². The van der Waals surface area contributed by atoms with Gasteiger partial charge in [-0.1, -0.05) is 129 Å². The largest absolute Gasteiger partial charge is 0.480 e. The number of alkyl carbamates (subject to hydrolysis) is 1. The number of para-hydroxylation sites is 1. The molecule has 2 aliphatic carbocycles. The fourth-order valence-corrected chi connectivity index (χ4v) is 11.7. The molecule has 0 spiro atoms. The number of amides is 6. The Kier molecular flexibility index (Phi) is 20.9. The van der Waals surface area contributed by atoms with E-state index in [0.29, 0.717) is 31.4 Å². The molecule has 20 heteroatoms. The number of nitrogens with zero attached hydrogens (tertiary/aromatic N) is 2. The molecule has 13 N–H and O–H groups in total. The van der Waals surface area contributed by atoms with Gasteiger partial charge in [0.2, 0.25) is 29.5 Å². The number of aromatic amines is 1. The first-order valence-electron chi connectivity index (χ1n) is 28.5. The number of carboxylic acid groups (broad SMARTS) is 1. The van der Waals surface area contributed by atoms with E-state index in [1.165, 1.54) is 4.90 Å². The van der Waals surface area contributed by atoms with E-state index in [2.05, 4.69) is 36.6 Å². The monoisotopic (exact) mass is 1110 g/mol. The lowest BCUT2D eigenvalue weighted by Crippen LogP contribution is -2.59. The van der Waals surface area contributed by atoms with Crippen molar-refractivity contribution in [2.24, 2.45) is 28.1 Å². The van der Waals surface area contributed by atoms with Crippen LogP contribution in [0.1, 0.15) is 112 Å². The van der Waals surface area contributed by atoms with Gasteiger partial charge in [-0.3, -0.25) is 29.0 Å². The summed E-state index contributed by atoms with van der Waals surface area (Å²) in [5.74, 6) is -4.60. The molecule has 6 amide bonds. The van der Waals surface area contributed by atoms with Crippen LogP contribution < -0.4 is 43.8 Å². The number of hydrogen-bond donors (Lipinski definition) is 10. The van der Waals surface area contributed by atoms with Crippen molar-refractivity contribution in [3.63, 3.8) is 0 Å². The first-order chi connectivity index (χ1) is 39.3. The molecule has 1 saturated heterocycles. The third-order valence-electron chi connectivity index (χ3n) is 15.9. The van der Waals surface area contributed by atoms with Gasteiger partial charge in [-0.15, -0.1) is 0 Å². The van der Waals surface area contributed by atoms with E-state index in [1.54, 1.807) is 6.20 Å². The van der Waals surface area contributed by atoms with Crippen LogP contribution in [-0.4, -0.2) is 125 Å². The maximum atomic E-state index is 14.9. The van der Waals surface area contributed by atoms with Crippen molar-refractivity contribution in [1.82, 2.24) is 36.5 Å². The van der Waals surface area contributed by atoms with E-state index in [4.69, 9.17) is 21.9 Å². The van der Waals surface area contributed by atoms with Gasteiger partial charge in [0.15, 0.2) is 5.96 Å². The number of likely N-dealkylation sites (tertiary alicyclic amines) is 1. The number of guanidine groups is 1. The molecular formula is C61H77N11O9. The van der Waals surface area contributed by atoms with E-state index in [-0.39, 0.29) is 82.4 Å². The van der Waals surface area contributed by atoms with Gasteiger partial charge in [0.25, 0.3) is 0 Å². The van der Waals surface area contributed by atoms with Crippen LogP contribution in [0.25, 0.3) is 22.0 Å². The van der Waals surface area contributed by atoms with E-state index >= 15 is 0 Å². The number of nitrogens with one attached hydrogen (secondary N) is 6. The normalized spacial score (nSPS) is 16.9. The number of nitrogens with two attached hydrogens (primary N) is 3. The number of carbonyl (C=O) groups is 7. The fourth-order valence-electron chi connectivity index (χ4n) is 11.7. The summed E-state index contributed by atoms with van der Waals surface area (Å²) in [4.78, 5) is 108. The maximum Gasteiger partial charge on any atom is 0.407 e. The van der Waals surface area contributed by atoms with E-state index in [0.717, 1.165) is 70.8 Å². The predicted molar refractivity (Wildman–Crippen MR) is 308 cm³/mol. The Bertz CT molecular complexity index is 2970. The van der Waals surface area contributed by atoms with E-state index < -0.39 is 77.8 Å². The van der Waals surface area contributed by atoms with Crippen molar-refractivity contribution in [3.05, 3.63) is 132 Å².